The lowest BCUT2D eigenvalue weighted by atomic mass is 10.1. The second kappa shape index (κ2) is 8.18. The normalized spacial score (nSPS) is 15.6. The van der Waals surface area contributed by atoms with Crippen LogP contribution in [0.5, 0.6) is 0 Å². The highest BCUT2D eigenvalue weighted by molar-refractivity contribution is 7.92. The zero-order chi connectivity index (χ0) is 23.2. The first-order chi connectivity index (χ1) is 15.8. The highest BCUT2D eigenvalue weighted by atomic mass is 32.2. The van der Waals surface area contributed by atoms with E-state index in [0.29, 0.717) is 29.6 Å². The topological polar surface area (TPSA) is 121 Å². The summed E-state index contributed by atoms with van der Waals surface area (Å²) < 4.78 is 28.6. The molecule has 0 atom stereocenters. The van der Waals surface area contributed by atoms with Crippen molar-refractivity contribution in [3.8, 4) is 0 Å². The average molecular weight is 469 g/mol. The number of carbonyl (C=O) groups excluding carboxylic acids is 1. The smallest absolute Gasteiger partial charge is 0.312 e. The summed E-state index contributed by atoms with van der Waals surface area (Å²) in [4.78, 5) is 41.3. The van der Waals surface area contributed by atoms with E-state index >= 15 is 0 Å². The van der Waals surface area contributed by atoms with Gasteiger partial charge in [0, 0.05) is 30.9 Å². The molecule has 5 rings (SSSR count). The largest absolute Gasteiger partial charge is 0.328 e. The number of anilines is 2. The number of hydrogen-bond donors (Lipinski definition) is 2. The minimum atomic E-state index is -3.37. The van der Waals surface area contributed by atoms with Crippen molar-refractivity contribution in [2.75, 3.05) is 21.9 Å². The first kappa shape index (κ1) is 21.4. The van der Waals surface area contributed by atoms with Gasteiger partial charge in [0.1, 0.15) is 0 Å². The number of nitrogens with one attached hydrogen (secondary N) is 2. The summed E-state index contributed by atoms with van der Waals surface area (Å²) in [6.07, 6.45) is 2.64. The Hall–Kier alpha value is -3.40. The lowest BCUT2D eigenvalue weighted by Crippen LogP contribution is -2.34. The third kappa shape index (κ3) is 4.43. The summed E-state index contributed by atoms with van der Waals surface area (Å²) in [5.41, 5.74) is 1.66. The fourth-order valence-corrected chi connectivity index (χ4v) is 5.87. The van der Waals surface area contributed by atoms with Crippen LogP contribution in [0.3, 0.4) is 0 Å². The second-order valence-corrected chi connectivity index (χ2v) is 10.4. The predicted molar refractivity (Wildman–Crippen MR) is 126 cm³/mol. The number of aromatic amines is 1. The maximum Gasteiger partial charge on any atom is 0.328 e. The molecule has 1 saturated carbocycles. The molecule has 2 aliphatic rings. The number of fused-ring (bicyclic) bond motifs is 2. The number of nitrogens with zero attached hydrogens (tertiary/aromatic N) is 2. The zero-order valence-corrected chi connectivity index (χ0v) is 18.7. The van der Waals surface area contributed by atoms with Gasteiger partial charge in [-0.15, -0.1) is 0 Å². The van der Waals surface area contributed by atoms with Crippen molar-refractivity contribution in [3.05, 3.63) is 68.9 Å². The minimum Gasteiger partial charge on any atom is -0.312 e. The molecule has 0 spiro atoms. The van der Waals surface area contributed by atoms with Crippen LogP contribution in [-0.2, 0) is 27.8 Å². The molecule has 1 aliphatic heterocycles. The van der Waals surface area contributed by atoms with Crippen LogP contribution in [0.15, 0.2) is 52.1 Å². The molecular formula is C23H24N4O5S. The number of aryl methyl sites for hydroxylation is 1. The van der Waals surface area contributed by atoms with E-state index in [-0.39, 0.29) is 30.5 Å². The van der Waals surface area contributed by atoms with Gasteiger partial charge in [0.2, 0.25) is 15.9 Å². The summed E-state index contributed by atoms with van der Waals surface area (Å²) in [5, 5.41) is 0.396. The second-order valence-electron chi connectivity index (χ2n) is 8.64. The maximum atomic E-state index is 13.0. The average Bonchev–Trinajstić information content (AvgIpc) is 3.47. The Morgan fingerprint density at radius 2 is 1.91 bits per heavy atom. The third-order valence-electron chi connectivity index (χ3n) is 6.16. The van der Waals surface area contributed by atoms with E-state index < -0.39 is 21.3 Å². The molecule has 0 unspecified atom stereocenters. The number of para-hydroxylation sites is 1. The number of aromatic nitrogens is 2. The van der Waals surface area contributed by atoms with Crippen LogP contribution in [0.4, 0.5) is 11.4 Å². The molecule has 1 aromatic heterocycles. The van der Waals surface area contributed by atoms with Gasteiger partial charge in [0.25, 0.3) is 5.56 Å². The van der Waals surface area contributed by atoms with E-state index in [1.54, 1.807) is 47.4 Å². The molecule has 10 heteroatoms. The molecule has 2 heterocycles. The standard InChI is InChI=1S/C23H24N4O5S/c28-21(10-12-27-20-4-2-1-3-18(20)22(29)24-23(27)30)26-11-9-16-13-17(7-8-19(16)26)25-33(31,32)14-15-5-6-15/h1-4,7-8,13,15,25H,5-6,9-12,14H2,(H,24,29,30). The van der Waals surface area contributed by atoms with Gasteiger partial charge in [-0.05, 0) is 61.1 Å². The lowest BCUT2D eigenvalue weighted by Gasteiger charge is -2.18. The Bertz CT molecular complexity index is 1470. The quantitative estimate of drug-likeness (QED) is 0.548. The molecule has 1 fully saturated rings. The van der Waals surface area contributed by atoms with Crippen molar-refractivity contribution >= 4 is 38.2 Å². The molecule has 3 aromatic rings. The Labute approximate surface area is 190 Å². The molecule has 172 valence electrons. The summed E-state index contributed by atoms with van der Waals surface area (Å²) in [6, 6.07) is 12.0. The van der Waals surface area contributed by atoms with Crippen molar-refractivity contribution in [1.29, 1.82) is 0 Å². The van der Waals surface area contributed by atoms with Gasteiger partial charge in [-0.3, -0.25) is 23.9 Å². The predicted octanol–water partition coefficient (Wildman–Crippen LogP) is 1.82. The summed E-state index contributed by atoms with van der Waals surface area (Å²) >= 11 is 0. The van der Waals surface area contributed by atoms with Crippen molar-refractivity contribution in [1.82, 2.24) is 9.55 Å². The molecule has 1 amide bonds. The van der Waals surface area contributed by atoms with Gasteiger partial charge in [-0.1, -0.05) is 12.1 Å². The van der Waals surface area contributed by atoms with E-state index in [9.17, 15) is 22.8 Å². The van der Waals surface area contributed by atoms with Gasteiger partial charge in [0.05, 0.1) is 16.7 Å². The van der Waals surface area contributed by atoms with E-state index in [2.05, 4.69) is 9.71 Å². The van der Waals surface area contributed by atoms with E-state index in [1.807, 2.05) is 0 Å². The van der Waals surface area contributed by atoms with Crippen LogP contribution in [-0.4, -0.2) is 36.2 Å². The van der Waals surface area contributed by atoms with Gasteiger partial charge in [-0.25, -0.2) is 13.2 Å². The molecular weight excluding hydrogens is 444 g/mol. The molecule has 0 bridgehead atoms. The number of benzene rings is 2. The number of rotatable bonds is 7. The molecule has 0 saturated heterocycles. The van der Waals surface area contributed by atoms with Crippen LogP contribution in [0.25, 0.3) is 10.9 Å². The van der Waals surface area contributed by atoms with E-state index in [0.717, 1.165) is 24.1 Å². The highest BCUT2D eigenvalue weighted by Gasteiger charge is 2.29. The fourth-order valence-electron chi connectivity index (χ4n) is 4.35. The van der Waals surface area contributed by atoms with Crippen LogP contribution < -0.4 is 20.9 Å². The van der Waals surface area contributed by atoms with Crippen molar-refractivity contribution < 1.29 is 13.2 Å². The van der Waals surface area contributed by atoms with E-state index in [1.165, 1.54) is 4.57 Å². The van der Waals surface area contributed by atoms with Crippen molar-refractivity contribution in [3.63, 3.8) is 0 Å². The summed E-state index contributed by atoms with van der Waals surface area (Å²) in [7, 11) is -3.37. The van der Waals surface area contributed by atoms with Crippen molar-refractivity contribution in [2.24, 2.45) is 5.92 Å². The van der Waals surface area contributed by atoms with Crippen LogP contribution in [0.2, 0.25) is 0 Å². The number of hydrogen-bond acceptors (Lipinski definition) is 5. The number of H-pyrrole nitrogens is 1. The fraction of sp³-hybridized carbons (Fsp3) is 0.348. The number of amides is 1. The minimum absolute atomic E-state index is 0.0884. The lowest BCUT2D eigenvalue weighted by molar-refractivity contribution is -0.118. The van der Waals surface area contributed by atoms with Gasteiger partial charge < -0.3 is 4.90 Å². The van der Waals surface area contributed by atoms with Crippen LogP contribution in [0, 0.1) is 5.92 Å². The number of sulfonamides is 1. The van der Waals surface area contributed by atoms with Crippen LogP contribution in [0.1, 0.15) is 24.8 Å². The first-order valence-electron chi connectivity index (χ1n) is 11.0. The zero-order valence-electron chi connectivity index (χ0n) is 17.9. The van der Waals surface area contributed by atoms with Gasteiger partial charge in [0.15, 0.2) is 0 Å². The molecule has 2 N–H and O–H groups in total. The molecule has 9 nitrogen and oxygen atoms in total. The van der Waals surface area contributed by atoms with Gasteiger partial charge in [-0.2, -0.15) is 0 Å². The molecule has 0 radical (unpaired) electrons. The Balaban J connectivity index is 1.30. The first-order valence-corrected chi connectivity index (χ1v) is 12.6. The molecule has 1 aliphatic carbocycles. The number of carbonyl (C=O) groups is 1. The molecule has 2 aromatic carbocycles. The van der Waals surface area contributed by atoms with Crippen LogP contribution >= 0.6 is 0 Å². The third-order valence-corrected chi connectivity index (χ3v) is 7.61. The monoisotopic (exact) mass is 468 g/mol. The molecule has 33 heavy (non-hydrogen) atoms. The summed E-state index contributed by atoms with van der Waals surface area (Å²) in [6.45, 7) is 0.632. The van der Waals surface area contributed by atoms with Crippen molar-refractivity contribution in [2.45, 2.75) is 32.2 Å². The Kier molecular flexibility index (Phi) is 5.32. The van der Waals surface area contributed by atoms with Gasteiger partial charge >= 0.3 is 5.69 Å². The van der Waals surface area contributed by atoms with E-state index in [4.69, 9.17) is 0 Å². The Morgan fingerprint density at radius 3 is 2.70 bits per heavy atom. The maximum absolute atomic E-state index is 13.0. The SMILES string of the molecule is O=C(CCn1c(=O)[nH]c(=O)c2ccccc21)N1CCc2cc(NS(=O)(=O)CC3CC3)ccc21. The highest BCUT2D eigenvalue weighted by Crippen LogP contribution is 2.33. The Morgan fingerprint density at radius 1 is 1.12 bits per heavy atom. The summed E-state index contributed by atoms with van der Waals surface area (Å²) in [5.74, 6) is 0.267.